The first-order valence-electron chi connectivity index (χ1n) is 13.0. The van der Waals surface area contributed by atoms with Gasteiger partial charge in [0.05, 0.1) is 35.4 Å². The third-order valence-corrected chi connectivity index (χ3v) is 7.19. The molecular formula is C29H28F2N8O2. The highest BCUT2D eigenvalue weighted by Crippen LogP contribution is 2.37. The topological polar surface area (TPSA) is 134 Å². The van der Waals surface area contributed by atoms with Crippen molar-refractivity contribution in [3.8, 4) is 11.8 Å². The number of nitrogens with one attached hydrogen (secondary N) is 3. The zero-order valence-electron chi connectivity index (χ0n) is 22.7. The molecule has 0 aliphatic heterocycles. The van der Waals surface area contributed by atoms with Crippen LogP contribution in [0.25, 0.3) is 11.3 Å². The van der Waals surface area contributed by atoms with E-state index in [2.05, 4.69) is 30.9 Å². The SMILES string of the molecule is COC1(C(=O)N[C@@H](C)c2ccc(-n3cc(F)cn3)cc2)CC=C(c2nc(Nc3cc(C)[nH]n3)c(F)cc2C#N)CC1. The number of nitrogens with zero attached hydrogens (tertiary/aromatic N) is 5. The van der Waals surface area contributed by atoms with Crippen molar-refractivity contribution in [3.05, 3.63) is 89.0 Å². The van der Waals surface area contributed by atoms with Crippen LogP contribution in [0.1, 0.15) is 54.7 Å². The fraction of sp³-hybridized carbons (Fsp3) is 0.276. The molecule has 0 bridgehead atoms. The Morgan fingerprint density at radius 2 is 2.05 bits per heavy atom. The summed E-state index contributed by atoms with van der Waals surface area (Å²) in [5.41, 5.74) is 2.39. The number of carbonyl (C=O) groups is 1. The first-order chi connectivity index (χ1) is 19.7. The first kappa shape index (κ1) is 27.7. The molecule has 3 N–H and O–H groups in total. The molecule has 3 heterocycles. The summed E-state index contributed by atoms with van der Waals surface area (Å²) in [7, 11) is 1.49. The molecule has 0 spiro atoms. The van der Waals surface area contributed by atoms with Crippen LogP contribution in [0, 0.1) is 29.9 Å². The van der Waals surface area contributed by atoms with E-state index in [1.165, 1.54) is 18.0 Å². The van der Waals surface area contributed by atoms with E-state index in [4.69, 9.17) is 4.74 Å². The van der Waals surface area contributed by atoms with E-state index in [1.54, 1.807) is 18.2 Å². The lowest BCUT2D eigenvalue weighted by molar-refractivity contribution is -0.145. The fourth-order valence-electron chi connectivity index (χ4n) is 4.81. The number of allylic oxidation sites excluding steroid dienone is 1. The molecule has 0 saturated heterocycles. The van der Waals surface area contributed by atoms with E-state index in [0.717, 1.165) is 29.1 Å². The third-order valence-electron chi connectivity index (χ3n) is 7.19. The molecule has 2 atom stereocenters. The molecule has 0 fully saturated rings. The molecule has 210 valence electrons. The van der Waals surface area contributed by atoms with Crippen molar-refractivity contribution in [1.29, 1.82) is 5.26 Å². The number of pyridine rings is 1. The summed E-state index contributed by atoms with van der Waals surface area (Å²) in [6, 6.07) is 11.8. The molecule has 5 rings (SSSR count). The second kappa shape index (κ2) is 11.3. The van der Waals surface area contributed by atoms with Crippen molar-refractivity contribution in [3.63, 3.8) is 0 Å². The van der Waals surface area contributed by atoms with Gasteiger partial charge in [-0.05, 0) is 56.0 Å². The summed E-state index contributed by atoms with van der Waals surface area (Å²) < 4.78 is 35.2. The van der Waals surface area contributed by atoms with Crippen LogP contribution in [0.4, 0.5) is 20.4 Å². The Hall–Kier alpha value is -4.89. The maximum absolute atomic E-state index is 14.7. The van der Waals surface area contributed by atoms with E-state index >= 15 is 0 Å². The zero-order valence-corrected chi connectivity index (χ0v) is 22.7. The number of nitriles is 1. The van der Waals surface area contributed by atoms with Gasteiger partial charge in [-0.25, -0.2) is 18.4 Å². The fourth-order valence-corrected chi connectivity index (χ4v) is 4.81. The summed E-state index contributed by atoms with van der Waals surface area (Å²) in [4.78, 5) is 17.8. The summed E-state index contributed by atoms with van der Waals surface area (Å²) >= 11 is 0. The maximum Gasteiger partial charge on any atom is 0.253 e. The number of H-pyrrole nitrogens is 1. The van der Waals surface area contributed by atoms with Crippen LogP contribution in [-0.2, 0) is 9.53 Å². The van der Waals surface area contributed by atoms with Crippen LogP contribution in [0.15, 0.2) is 54.9 Å². The molecule has 12 heteroatoms. The van der Waals surface area contributed by atoms with Crippen molar-refractivity contribution in [2.75, 3.05) is 12.4 Å². The Morgan fingerprint density at radius 3 is 2.63 bits per heavy atom. The van der Waals surface area contributed by atoms with Gasteiger partial charge in [0.2, 0.25) is 0 Å². The third kappa shape index (κ3) is 5.71. The Bertz CT molecular complexity index is 1650. The van der Waals surface area contributed by atoms with Crippen LogP contribution >= 0.6 is 0 Å². The lowest BCUT2D eigenvalue weighted by Gasteiger charge is -2.35. The van der Waals surface area contributed by atoms with E-state index < -0.39 is 17.2 Å². The quantitative estimate of drug-likeness (QED) is 0.276. The minimum absolute atomic E-state index is 0.0507. The van der Waals surface area contributed by atoms with Crippen LogP contribution < -0.4 is 10.6 Å². The van der Waals surface area contributed by atoms with Crippen molar-refractivity contribution in [2.24, 2.45) is 0 Å². The van der Waals surface area contributed by atoms with Gasteiger partial charge in [-0.3, -0.25) is 9.89 Å². The number of aryl methyl sites for hydroxylation is 1. The lowest BCUT2D eigenvalue weighted by atomic mass is 9.82. The van der Waals surface area contributed by atoms with Gasteiger partial charge in [0.15, 0.2) is 23.3 Å². The lowest BCUT2D eigenvalue weighted by Crippen LogP contribution is -2.49. The summed E-state index contributed by atoms with van der Waals surface area (Å²) in [5.74, 6) is -1.03. The summed E-state index contributed by atoms with van der Waals surface area (Å²) in [6.07, 6.45) is 5.20. The van der Waals surface area contributed by atoms with Crippen molar-refractivity contribution in [2.45, 2.75) is 44.8 Å². The summed E-state index contributed by atoms with van der Waals surface area (Å²) in [5, 5.41) is 26.3. The van der Waals surface area contributed by atoms with Crippen molar-refractivity contribution < 1.29 is 18.3 Å². The molecular weight excluding hydrogens is 530 g/mol. The number of carbonyl (C=O) groups excluding carboxylic acids is 1. The Balaban J connectivity index is 1.31. The number of anilines is 2. The first-order valence-corrected chi connectivity index (χ1v) is 13.0. The Kier molecular flexibility index (Phi) is 7.63. The van der Waals surface area contributed by atoms with Crippen LogP contribution in [0.5, 0.6) is 0 Å². The normalized spacial score (nSPS) is 17.4. The average molecular weight is 559 g/mol. The minimum Gasteiger partial charge on any atom is -0.368 e. The second-order valence-electron chi connectivity index (χ2n) is 9.91. The predicted octanol–water partition coefficient (Wildman–Crippen LogP) is 5.02. The maximum atomic E-state index is 14.7. The van der Waals surface area contributed by atoms with Gasteiger partial charge in [-0.15, -0.1) is 0 Å². The number of rotatable bonds is 8. The molecule has 41 heavy (non-hydrogen) atoms. The van der Waals surface area contributed by atoms with Crippen LogP contribution in [0.3, 0.4) is 0 Å². The molecule has 1 amide bonds. The molecule has 1 aromatic carbocycles. The monoisotopic (exact) mass is 558 g/mol. The van der Waals surface area contributed by atoms with Gasteiger partial charge < -0.3 is 15.4 Å². The Labute approximate surface area is 235 Å². The number of hydrogen-bond donors (Lipinski definition) is 3. The molecule has 0 saturated carbocycles. The number of benzene rings is 1. The smallest absolute Gasteiger partial charge is 0.253 e. The Morgan fingerprint density at radius 1 is 1.27 bits per heavy atom. The standard InChI is InChI=1S/C29H28F2N8O2/c1-17-12-25(38-37-17)35-27-24(31)13-21(14-32)26(36-27)20-8-10-29(41-3,11-9-20)28(40)34-18(2)19-4-6-23(7-5-19)39-16-22(30)15-33-39/h4-8,12-13,15-16,18H,9-11H2,1-3H3,(H,34,40)(H2,35,36,37,38)/t18-,29?/m0/s1. The number of methoxy groups -OCH3 is 1. The largest absolute Gasteiger partial charge is 0.368 e. The molecule has 4 aromatic rings. The van der Waals surface area contributed by atoms with Crippen LogP contribution in [0.2, 0.25) is 0 Å². The highest BCUT2D eigenvalue weighted by molar-refractivity contribution is 5.87. The number of ether oxygens (including phenoxy) is 1. The molecule has 1 aliphatic carbocycles. The van der Waals surface area contributed by atoms with E-state index in [1.807, 2.05) is 38.1 Å². The van der Waals surface area contributed by atoms with Crippen LogP contribution in [-0.4, -0.2) is 43.6 Å². The highest BCUT2D eigenvalue weighted by atomic mass is 19.1. The second-order valence-corrected chi connectivity index (χ2v) is 9.91. The van der Waals surface area contributed by atoms with E-state index in [0.29, 0.717) is 30.0 Å². The van der Waals surface area contributed by atoms with Crippen molar-refractivity contribution in [1.82, 2.24) is 30.3 Å². The summed E-state index contributed by atoms with van der Waals surface area (Å²) in [6.45, 7) is 3.69. The zero-order chi connectivity index (χ0) is 29.1. The van der Waals surface area contributed by atoms with Gasteiger partial charge in [0.25, 0.3) is 5.91 Å². The number of halogens is 2. The minimum atomic E-state index is -1.12. The van der Waals surface area contributed by atoms with E-state index in [9.17, 15) is 18.8 Å². The molecule has 10 nitrogen and oxygen atoms in total. The van der Waals surface area contributed by atoms with Gasteiger partial charge in [0.1, 0.15) is 11.7 Å². The predicted molar refractivity (Wildman–Crippen MR) is 147 cm³/mol. The van der Waals surface area contributed by atoms with Gasteiger partial charge in [-0.1, -0.05) is 18.2 Å². The molecule has 1 aliphatic rings. The number of aromatic nitrogens is 5. The molecule has 3 aromatic heterocycles. The average Bonchev–Trinajstić information content (AvgIpc) is 3.61. The molecule has 1 unspecified atom stereocenters. The number of hydrogen-bond acceptors (Lipinski definition) is 7. The molecule has 0 radical (unpaired) electrons. The van der Waals surface area contributed by atoms with Gasteiger partial charge in [-0.2, -0.15) is 15.5 Å². The van der Waals surface area contributed by atoms with Crippen molar-refractivity contribution >= 4 is 23.1 Å². The van der Waals surface area contributed by atoms with Gasteiger partial charge in [0, 0.05) is 25.3 Å². The number of aromatic amines is 1. The van der Waals surface area contributed by atoms with E-state index in [-0.39, 0.29) is 29.8 Å². The number of amides is 1. The highest BCUT2D eigenvalue weighted by Gasteiger charge is 2.41. The van der Waals surface area contributed by atoms with Gasteiger partial charge >= 0.3 is 0 Å².